The van der Waals surface area contributed by atoms with E-state index in [2.05, 4.69) is 70.3 Å². The van der Waals surface area contributed by atoms with Crippen LogP contribution in [0.5, 0.6) is 0 Å². The number of nitrogens with zero attached hydrogens (tertiary/aromatic N) is 4. The molecular weight excluding hydrogens is 286 g/mol. The van der Waals surface area contributed by atoms with Crippen LogP contribution in [0, 0.1) is 13.8 Å². The monoisotopic (exact) mass is 313 g/mol. The number of nitrogens with one attached hydrogen (secondary N) is 1. The Labute approximate surface area is 138 Å². The Morgan fingerprint density at radius 2 is 2.04 bits per heavy atom. The van der Waals surface area contributed by atoms with Crippen molar-refractivity contribution >= 4 is 0 Å². The highest BCUT2D eigenvalue weighted by atomic mass is 15.3. The fourth-order valence-electron chi connectivity index (χ4n) is 3.52. The van der Waals surface area contributed by atoms with E-state index in [1.165, 1.54) is 11.1 Å². The molecule has 0 spiro atoms. The van der Waals surface area contributed by atoms with Crippen LogP contribution >= 0.6 is 0 Å². The van der Waals surface area contributed by atoms with Crippen LogP contribution in [0.3, 0.4) is 0 Å². The number of aromatic nitrogens is 3. The van der Waals surface area contributed by atoms with E-state index in [0.29, 0.717) is 12.0 Å². The van der Waals surface area contributed by atoms with Crippen molar-refractivity contribution in [2.45, 2.75) is 38.8 Å². The summed E-state index contributed by atoms with van der Waals surface area (Å²) < 4.78 is 0. The van der Waals surface area contributed by atoms with Crippen molar-refractivity contribution < 1.29 is 0 Å². The molecule has 23 heavy (non-hydrogen) atoms. The van der Waals surface area contributed by atoms with Crippen molar-refractivity contribution in [2.75, 3.05) is 27.2 Å². The molecule has 0 saturated carbocycles. The van der Waals surface area contributed by atoms with Gasteiger partial charge in [0.1, 0.15) is 5.82 Å². The molecule has 1 aliphatic rings. The van der Waals surface area contributed by atoms with Gasteiger partial charge in [-0.3, -0.25) is 10.00 Å². The zero-order valence-electron chi connectivity index (χ0n) is 14.6. The maximum atomic E-state index is 4.58. The molecule has 0 bridgehead atoms. The molecule has 124 valence electrons. The summed E-state index contributed by atoms with van der Waals surface area (Å²) in [5.41, 5.74) is 2.80. The van der Waals surface area contributed by atoms with E-state index in [-0.39, 0.29) is 0 Å². The molecule has 5 heteroatoms. The highest BCUT2D eigenvalue weighted by Gasteiger charge is 2.34. The summed E-state index contributed by atoms with van der Waals surface area (Å²) >= 11 is 0. The lowest BCUT2D eigenvalue weighted by Gasteiger charge is -2.40. The van der Waals surface area contributed by atoms with E-state index in [0.717, 1.165) is 37.7 Å². The number of likely N-dealkylation sites (tertiary alicyclic amines) is 1. The lowest BCUT2D eigenvalue weighted by Crippen LogP contribution is -2.49. The predicted molar refractivity (Wildman–Crippen MR) is 92.4 cm³/mol. The maximum Gasteiger partial charge on any atom is 0.155 e. The molecular formula is C18H27N5. The molecule has 1 aromatic heterocycles. The van der Waals surface area contributed by atoms with Crippen LogP contribution in [0.25, 0.3) is 0 Å². The minimum atomic E-state index is 0.406. The van der Waals surface area contributed by atoms with Crippen LogP contribution in [-0.4, -0.2) is 58.2 Å². The minimum absolute atomic E-state index is 0.406. The smallest absolute Gasteiger partial charge is 0.155 e. The summed E-state index contributed by atoms with van der Waals surface area (Å²) in [5.74, 6) is 2.28. The molecule has 0 aliphatic carbocycles. The van der Waals surface area contributed by atoms with Crippen molar-refractivity contribution in [3.63, 3.8) is 0 Å². The van der Waals surface area contributed by atoms with Gasteiger partial charge in [0.15, 0.2) is 5.82 Å². The number of rotatable bonds is 4. The predicted octanol–water partition coefficient (Wildman–Crippen LogP) is 2.34. The molecule has 2 atom stereocenters. The molecule has 0 amide bonds. The van der Waals surface area contributed by atoms with Crippen LogP contribution in [0.2, 0.25) is 0 Å². The summed E-state index contributed by atoms with van der Waals surface area (Å²) in [6.45, 7) is 7.34. The lowest BCUT2D eigenvalue weighted by atomic mass is 9.89. The third-order valence-corrected chi connectivity index (χ3v) is 4.93. The first-order valence-corrected chi connectivity index (χ1v) is 8.37. The largest absolute Gasteiger partial charge is 0.304 e. The first-order chi connectivity index (χ1) is 11.0. The molecule has 1 N–H and O–H groups in total. The molecule has 2 heterocycles. The number of likely N-dealkylation sites (N-methyl/N-ethyl adjacent to an activating group) is 1. The number of hydrogen-bond acceptors (Lipinski definition) is 4. The Morgan fingerprint density at radius 1 is 1.26 bits per heavy atom. The topological polar surface area (TPSA) is 48.1 Å². The number of aromatic amines is 1. The molecule has 5 nitrogen and oxygen atoms in total. The van der Waals surface area contributed by atoms with Gasteiger partial charge in [0, 0.05) is 25.0 Å². The standard InChI is InChI=1S/C18H27N5/c1-13-7-5-6-8-15(13)11-23-10-9-16(17(12-23)22(3)4)18-19-14(2)20-21-18/h5-8,16-17H,9-12H2,1-4H3,(H,19,20,21)/t16-,17+/m0/s1. The average Bonchev–Trinajstić information content (AvgIpc) is 2.96. The molecule has 0 radical (unpaired) electrons. The molecule has 1 aromatic carbocycles. The fraction of sp³-hybridized carbons (Fsp3) is 0.556. The van der Waals surface area contributed by atoms with Crippen LogP contribution in [-0.2, 0) is 6.54 Å². The number of benzene rings is 1. The van der Waals surface area contributed by atoms with Crippen LogP contribution in [0.1, 0.15) is 35.1 Å². The van der Waals surface area contributed by atoms with Gasteiger partial charge in [-0.15, -0.1) is 0 Å². The second kappa shape index (κ2) is 6.81. The van der Waals surface area contributed by atoms with Crippen LogP contribution in [0.15, 0.2) is 24.3 Å². The first-order valence-electron chi connectivity index (χ1n) is 8.37. The molecule has 1 fully saturated rings. The third kappa shape index (κ3) is 3.62. The summed E-state index contributed by atoms with van der Waals surface area (Å²) in [6, 6.07) is 9.13. The Kier molecular flexibility index (Phi) is 4.78. The van der Waals surface area contributed by atoms with Crippen molar-refractivity contribution in [3.8, 4) is 0 Å². The van der Waals surface area contributed by atoms with Crippen molar-refractivity contribution in [3.05, 3.63) is 47.0 Å². The van der Waals surface area contributed by atoms with Gasteiger partial charge < -0.3 is 4.90 Å². The van der Waals surface area contributed by atoms with Crippen LogP contribution in [0.4, 0.5) is 0 Å². The summed E-state index contributed by atoms with van der Waals surface area (Å²) in [6.07, 6.45) is 1.10. The molecule has 3 rings (SSSR count). The van der Waals surface area contributed by atoms with E-state index < -0.39 is 0 Å². The Balaban J connectivity index is 1.73. The van der Waals surface area contributed by atoms with Gasteiger partial charge in [0.25, 0.3) is 0 Å². The summed E-state index contributed by atoms with van der Waals surface area (Å²) in [5, 5.41) is 7.40. The zero-order valence-corrected chi connectivity index (χ0v) is 14.6. The Hall–Kier alpha value is -1.72. The zero-order chi connectivity index (χ0) is 16.4. The average molecular weight is 313 g/mol. The van der Waals surface area contributed by atoms with Crippen molar-refractivity contribution in [2.24, 2.45) is 0 Å². The van der Waals surface area contributed by atoms with E-state index in [1.54, 1.807) is 0 Å². The van der Waals surface area contributed by atoms with E-state index in [9.17, 15) is 0 Å². The SMILES string of the molecule is Cc1nc([C@H]2CCN(Cc3ccccc3C)C[C@H]2N(C)C)n[nH]1. The van der Waals surface area contributed by atoms with Gasteiger partial charge in [0.2, 0.25) is 0 Å². The van der Waals surface area contributed by atoms with Crippen molar-refractivity contribution in [1.29, 1.82) is 0 Å². The highest BCUT2D eigenvalue weighted by molar-refractivity contribution is 5.25. The first kappa shape index (κ1) is 16.1. The number of hydrogen-bond donors (Lipinski definition) is 1. The Morgan fingerprint density at radius 3 is 2.70 bits per heavy atom. The molecule has 1 saturated heterocycles. The lowest BCUT2D eigenvalue weighted by molar-refractivity contribution is 0.105. The number of H-pyrrole nitrogens is 1. The second-order valence-electron chi connectivity index (χ2n) is 6.87. The van der Waals surface area contributed by atoms with Crippen LogP contribution < -0.4 is 0 Å². The maximum absolute atomic E-state index is 4.58. The fourth-order valence-corrected chi connectivity index (χ4v) is 3.52. The van der Waals surface area contributed by atoms with Gasteiger partial charge in [-0.05, 0) is 52.0 Å². The van der Waals surface area contributed by atoms with Gasteiger partial charge in [-0.2, -0.15) is 5.10 Å². The van der Waals surface area contributed by atoms with Gasteiger partial charge >= 0.3 is 0 Å². The quantitative estimate of drug-likeness (QED) is 0.941. The van der Waals surface area contributed by atoms with E-state index >= 15 is 0 Å². The summed E-state index contributed by atoms with van der Waals surface area (Å²) in [4.78, 5) is 9.46. The summed E-state index contributed by atoms with van der Waals surface area (Å²) in [7, 11) is 4.32. The number of aryl methyl sites for hydroxylation is 2. The van der Waals surface area contributed by atoms with Crippen molar-refractivity contribution in [1.82, 2.24) is 25.0 Å². The van der Waals surface area contributed by atoms with Gasteiger partial charge in [-0.25, -0.2) is 4.98 Å². The minimum Gasteiger partial charge on any atom is -0.304 e. The van der Waals surface area contributed by atoms with Gasteiger partial charge in [-0.1, -0.05) is 24.3 Å². The van der Waals surface area contributed by atoms with E-state index in [4.69, 9.17) is 0 Å². The second-order valence-corrected chi connectivity index (χ2v) is 6.87. The highest BCUT2D eigenvalue weighted by Crippen LogP contribution is 2.29. The number of piperidine rings is 1. The molecule has 2 aromatic rings. The molecule has 0 unspecified atom stereocenters. The third-order valence-electron chi connectivity index (χ3n) is 4.93. The van der Waals surface area contributed by atoms with Gasteiger partial charge in [0.05, 0.1) is 0 Å². The van der Waals surface area contributed by atoms with E-state index in [1.807, 2.05) is 6.92 Å². The normalized spacial score (nSPS) is 22.7. The Bertz CT molecular complexity index is 648. The molecule has 1 aliphatic heterocycles.